The molecule has 0 aromatic carbocycles. The summed E-state index contributed by atoms with van der Waals surface area (Å²) in [4.78, 5) is 24.7. The average molecular weight is 276 g/mol. The fourth-order valence-corrected chi connectivity index (χ4v) is 1.92. The van der Waals surface area contributed by atoms with Crippen LogP contribution in [0.2, 0.25) is 0 Å². The van der Waals surface area contributed by atoms with Crippen molar-refractivity contribution in [2.75, 3.05) is 6.61 Å². The van der Waals surface area contributed by atoms with Gasteiger partial charge in [0.25, 0.3) is 5.56 Å². The van der Waals surface area contributed by atoms with Crippen molar-refractivity contribution in [2.24, 2.45) is 0 Å². The maximum Gasteiger partial charge on any atom is 0.330 e. The summed E-state index contributed by atoms with van der Waals surface area (Å²) in [6.45, 7) is -1.65. The molecule has 1 aliphatic rings. The number of nitrogens with one attached hydrogen (secondary N) is 1. The highest BCUT2D eigenvalue weighted by molar-refractivity contribution is 5.04. The van der Waals surface area contributed by atoms with Crippen molar-refractivity contribution in [3.63, 3.8) is 0 Å². The van der Waals surface area contributed by atoms with Crippen molar-refractivity contribution in [1.29, 1.82) is 0 Å². The number of nitrogens with zero attached hydrogens (tertiary/aromatic N) is 1. The fraction of sp³-hybridized carbons (Fsp3) is 0.600. The minimum absolute atomic E-state index is 0.308. The first kappa shape index (κ1) is 13.9. The van der Waals surface area contributed by atoms with Gasteiger partial charge in [-0.05, 0) is 0 Å². The molecule has 9 heteroatoms. The van der Waals surface area contributed by atoms with Gasteiger partial charge in [-0.25, -0.2) is 9.18 Å². The van der Waals surface area contributed by atoms with Crippen molar-refractivity contribution < 1.29 is 24.4 Å². The summed E-state index contributed by atoms with van der Waals surface area (Å²) in [5.41, 5.74) is -2.08. The average Bonchev–Trinajstić information content (AvgIpc) is 2.67. The van der Waals surface area contributed by atoms with E-state index in [1.54, 1.807) is 0 Å². The monoisotopic (exact) mass is 276 g/mol. The number of ether oxygens (including phenoxy) is 1. The Morgan fingerprint density at radius 2 is 2.05 bits per heavy atom. The van der Waals surface area contributed by atoms with E-state index >= 15 is 0 Å². The summed E-state index contributed by atoms with van der Waals surface area (Å²) in [5.74, 6) is 0. The Labute approximate surface area is 105 Å². The summed E-state index contributed by atoms with van der Waals surface area (Å²) in [5, 5.41) is 28.2. The first-order valence-corrected chi connectivity index (χ1v) is 5.52. The fourth-order valence-electron chi connectivity index (χ4n) is 1.92. The molecule has 1 aromatic rings. The van der Waals surface area contributed by atoms with Gasteiger partial charge in [0.05, 0.1) is 12.2 Å². The van der Waals surface area contributed by atoms with E-state index in [-0.39, 0.29) is 5.56 Å². The molecule has 4 N–H and O–H groups in total. The molecule has 0 unspecified atom stereocenters. The highest BCUT2D eigenvalue weighted by Gasteiger charge is 2.43. The largest absolute Gasteiger partial charge is 0.394 e. The maximum absolute atomic E-state index is 12.6. The first-order valence-electron chi connectivity index (χ1n) is 5.52. The molecule has 2 heterocycles. The third kappa shape index (κ3) is 2.32. The summed E-state index contributed by atoms with van der Waals surface area (Å²) in [6.07, 6.45) is -4.31. The molecule has 1 saturated heterocycles. The zero-order valence-electron chi connectivity index (χ0n) is 9.69. The molecule has 0 amide bonds. The molecule has 4 atom stereocenters. The summed E-state index contributed by atoms with van der Waals surface area (Å²) in [7, 11) is 0. The van der Waals surface area contributed by atoms with E-state index in [4.69, 9.17) is 9.84 Å². The lowest BCUT2D eigenvalue weighted by Crippen LogP contribution is -2.38. The van der Waals surface area contributed by atoms with E-state index in [9.17, 15) is 24.2 Å². The van der Waals surface area contributed by atoms with Gasteiger partial charge in [-0.1, -0.05) is 0 Å². The van der Waals surface area contributed by atoms with Crippen LogP contribution in [0.25, 0.3) is 0 Å². The number of rotatable bonds is 3. The zero-order chi connectivity index (χ0) is 14.2. The van der Waals surface area contributed by atoms with E-state index < -0.39 is 49.1 Å². The molecule has 1 aliphatic heterocycles. The van der Waals surface area contributed by atoms with Crippen LogP contribution in [-0.2, 0) is 11.4 Å². The van der Waals surface area contributed by atoms with Gasteiger partial charge < -0.3 is 20.1 Å². The van der Waals surface area contributed by atoms with Crippen molar-refractivity contribution in [3.8, 4) is 0 Å². The third-order valence-electron chi connectivity index (χ3n) is 2.98. The quantitative estimate of drug-likeness (QED) is 0.488. The summed E-state index contributed by atoms with van der Waals surface area (Å²) in [6, 6.07) is 0. The summed E-state index contributed by atoms with van der Waals surface area (Å²) >= 11 is 0. The Bertz CT molecular complexity index is 570. The molecular weight excluding hydrogens is 263 g/mol. The lowest BCUT2D eigenvalue weighted by Gasteiger charge is -2.17. The minimum Gasteiger partial charge on any atom is -0.394 e. The SMILES string of the molecule is O=c1[nH]c(=O)n([C@@H]2O[C@H](CO)[C@@H](O)[C@@H]2O)cc1CF. The Kier molecular flexibility index (Phi) is 3.80. The minimum atomic E-state index is -1.48. The van der Waals surface area contributed by atoms with Gasteiger partial charge in [0.2, 0.25) is 0 Å². The molecule has 106 valence electrons. The molecule has 0 aliphatic carbocycles. The van der Waals surface area contributed by atoms with Crippen LogP contribution >= 0.6 is 0 Å². The Balaban J connectivity index is 2.43. The summed E-state index contributed by atoms with van der Waals surface area (Å²) < 4.78 is 18.5. The molecule has 0 bridgehead atoms. The van der Waals surface area contributed by atoms with Gasteiger partial charge in [-0.15, -0.1) is 0 Å². The molecule has 0 saturated carbocycles. The van der Waals surface area contributed by atoms with Crippen LogP contribution in [0, 0.1) is 0 Å². The maximum atomic E-state index is 12.6. The van der Waals surface area contributed by atoms with Crippen LogP contribution in [0.5, 0.6) is 0 Å². The van der Waals surface area contributed by atoms with E-state index in [1.807, 2.05) is 4.98 Å². The van der Waals surface area contributed by atoms with Crippen LogP contribution in [0.3, 0.4) is 0 Å². The number of aliphatic hydroxyl groups is 3. The van der Waals surface area contributed by atoms with E-state index in [2.05, 4.69) is 0 Å². The van der Waals surface area contributed by atoms with Crippen LogP contribution in [0.4, 0.5) is 4.39 Å². The smallest absolute Gasteiger partial charge is 0.330 e. The Morgan fingerprint density at radius 3 is 2.58 bits per heavy atom. The van der Waals surface area contributed by atoms with Crippen LogP contribution in [0.15, 0.2) is 15.8 Å². The van der Waals surface area contributed by atoms with Crippen molar-refractivity contribution >= 4 is 0 Å². The first-order chi connectivity index (χ1) is 8.99. The number of H-pyrrole nitrogens is 1. The Morgan fingerprint density at radius 1 is 1.37 bits per heavy atom. The highest BCUT2D eigenvalue weighted by Crippen LogP contribution is 2.27. The van der Waals surface area contributed by atoms with E-state index in [0.29, 0.717) is 0 Å². The lowest BCUT2D eigenvalue weighted by atomic mass is 10.1. The van der Waals surface area contributed by atoms with Gasteiger partial charge in [0.15, 0.2) is 6.23 Å². The predicted molar refractivity (Wildman–Crippen MR) is 59.1 cm³/mol. The van der Waals surface area contributed by atoms with Gasteiger partial charge in [0, 0.05) is 6.20 Å². The normalized spacial score (nSPS) is 30.7. The molecule has 1 aromatic heterocycles. The van der Waals surface area contributed by atoms with Gasteiger partial charge in [0.1, 0.15) is 25.0 Å². The van der Waals surface area contributed by atoms with Gasteiger partial charge >= 0.3 is 5.69 Å². The lowest BCUT2D eigenvalue weighted by molar-refractivity contribution is -0.0551. The third-order valence-corrected chi connectivity index (χ3v) is 2.98. The molecule has 0 radical (unpaired) electrons. The molecule has 1 fully saturated rings. The molecule has 8 nitrogen and oxygen atoms in total. The molecule has 19 heavy (non-hydrogen) atoms. The van der Waals surface area contributed by atoms with Gasteiger partial charge in [-0.2, -0.15) is 0 Å². The standard InChI is InChI=1S/C10H13FN2O6/c11-1-4-2-13(10(18)12-8(4)17)9-7(16)6(15)5(3-14)19-9/h2,5-7,9,14-16H,1,3H2,(H,12,17,18)/t5-,6-,7+,9-/m1/s1. The number of aliphatic hydroxyl groups excluding tert-OH is 3. The van der Waals surface area contributed by atoms with Gasteiger partial charge in [-0.3, -0.25) is 14.3 Å². The number of hydrogen-bond acceptors (Lipinski definition) is 6. The number of aromatic nitrogens is 2. The second-order valence-corrected chi connectivity index (χ2v) is 4.18. The number of aromatic amines is 1. The van der Waals surface area contributed by atoms with Crippen molar-refractivity contribution in [3.05, 3.63) is 32.6 Å². The van der Waals surface area contributed by atoms with Crippen molar-refractivity contribution in [1.82, 2.24) is 9.55 Å². The molecule has 0 spiro atoms. The van der Waals surface area contributed by atoms with E-state index in [1.165, 1.54) is 0 Å². The van der Waals surface area contributed by atoms with Crippen LogP contribution < -0.4 is 11.2 Å². The molecule has 2 rings (SSSR count). The number of hydrogen-bond donors (Lipinski definition) is 4. The number of alkyl halides is 1. The van der Waals surface area contributed by atoms with E-state index in [0.717, 1.165) is 10.8 Å². The number of halogens is 1. The van der Waals surface area contributed by atoms with Crippen LogP contribution in [-0.4, -0.2) is 49.8 Å². The molecular formula is C10H13FN2O6. The second-order valence-electron chi connectivity index (χ2n) is 4.18. The predicted octanol–water partition coefficient (Wildman–Crippen LogP) is -2.38. The Hall–Kier alpha value is -1.55. The van der Waals surface area contributed by atoms with Crippen LogP contribution in [0.1, 0.15) is 11.8 Å². The topological polar surface area (TPSA) is 125 Å². The zero-order valence-corrected chi connectivity index (χ0v) is 9.69. The highest BCUT2D eigenvalue weighted by atomic mass is 19.1. The van der Waals surface area contributed by atoms with Crippen molar-refractivity contribution in [2.45, 2.75) is 31.2 Å². The second kappa shape index (κ2) is 5.21.